The summed E-state index contributed by atoms with van der Waals surface area (Å²) >= 11 is 2.55. The Morgan fingerprint density at radius 2 is 1.59 bits per heavy atom. The van der Waals surface area contributed by atoms with Crippen LogP contribution in [0, 0.1) is 0 Å². The van der Waals surface area contributed by atoms with E-state index in [0.717, 1.165) is 0 Å². The molecule has 9 heteroatoms. The predicted molar refractivity (Wildman–Crippen MR) is 50.2 cm³/mol. The van der Waals surface area contributed by atoms with E-state index in [1.165, 1.54) is 0 Å². The lowest BCUT2D eigenvalue weighted by molar-refractivity contribution is -0.274. The molecule has 0 aliphatic heterocycles. The normalized spacial score (nSPS) is 12.6. The summed E-state index contributed by atoms with van der Waals surface area (Å²) in [6.07, 6.45) is -9.75. The maximum Gasteiger partial charge on any atom is 0.573 e. The summed E-state index contributed by atoms with van der Waals surface area (Å²) in [7, 11) is 0. The maximum atomic E-state index is 12.3. The highest BCUT2D eigenvalue weighted by Crippen LogP contribution is 2.40. The molecule has 17 heavy (non-hydrogen) atoms. The number of hydrogen-bond acceptors (Lipinski definition) is 2. The van der Waals surface area contributed by atoms with Gasteiger partial charge in [0.2, 0.25) is 0 Å². The Labute approximate surface area is 99.5 Å². The molecule has 96 valence electrons. The molecule has 0 aliphatic rings. The fraction of sp³-hybridized carbons (Fsp3) is 0.250. The van der Waals surface area contributed by atoms with Crippen molar-refractivity contribution < 1.29 is 31.1 Å². The van der Waals surface area contributed by atoms with Gasteiger partial charge >= 0.3 is 12.5 Å². The van der Waals surface area contributed by atoms with Crippen LogP contribution >= 0.6 is 15.9 Å². The van der Waals surface area contributed by atoms with Crippen LogP contribution in [0.2, 0.25) is 0 Å². The van der Waals surface area contributed by atoms with E-state index in [-0.39, 0.29) is 0 Å². The van der Waals surface area contributed by atoms with E-state index in [1.54, 1.807) is 0 Å². The fourth-order valence-electron chi connectivity index (χ4n) is 1.02. The number of nitrogen functional groups attached to an aromatic ring is 1. The molecule has 0 saturated heterocycles. The summed E-state index contributed by atoms with van der Waals surface area (Å²) in [6, 6.07) is 0.886. The van der Waals surface area contributed by atoms with E-state index < -0.39 is 34.0 Å². The first-order chi connectivity index (χ1) is 7.50. The van der Waals surface area contributed by atoms with Crippen LogP contribution in [-0.4, -0.2) is 6.36 Å². The Kier molecular flexibility index (Phi) is 3.51. The van der Waals surface area contributed by atoms with E-state index in [1.807, 2.05) is 0 Å². The van der Waals surface area contributed by atoms with Crippen molar-refractivity contribution in [3.63, 3.8) is 0 Å². The maximum absolute atomic E-state index is 12.3. The Balaban J connectivity index is 3.19. The SMILES string of the molecule is Nc1cc(OC(F)(F)F)c(Br)cc1C(F)(F)F. The molecule has 0 amide bonds. The average Bonchev–Trinajstić information content (AvgIpc) is 2.06. The Morgan fingerprint density at radius 3 is 2.00 bits per heavy atom. The second kappa shape index (κ2) is 4.28. The van der Waals surface area contributed by atoms with Gasteiger partial charge in [-0.15, -0.1) is 13.2 Å². The molecule has 2 nitrogen and oxygen atoms in total. The van der Waals surface area contributed by atoms with Crippen molar-refractivity contribution >= 4 is 21.6 Å². The Hall–Kier alpha value is -1.12. The van der Waals surface area contributed by atoms with Crippen molar-refractivity contribution in [3.8, 4) is 5.75 Å². The lowest BCUT2D eigenvalue weighted by atomic mass is 10.1. The lowest BCUT2D eigenvalue weighted by Gasteiger charge is -2.15. The van der Waals surface area contributed by atoms with E-state index >= 15 is 0 Å². The topological polar surface area (TPSA) is 35.2 Å². The van der Waals surface area contributed by atoms with Crippen LogP contribution in [0.1, 0.15) is 5.56 Å². The molecule has 0 fully saturated rings. The summed E-state index contributed by atoms with van der Waals surface area (Å²) < 4.78 is 75.6. The smallest absolute Gasteiger partial charge is 0.405 e. The van der Waals surface area contributed by atoms with Crippen molar-refractivity contribution in [1.82, 2.24) is 0 Å². The first kappa shape index (κ1) is 13.9. The van der Waals surface area contributed by atoms with Gasteiger partial charge in [0, 0.05) is 11.8 Å². The molecule has 0 bridgehead atoms. The highest BCUT2D eigenvalue weighted by molar-refractivity contribution is 9.10. The number of hydrogen-bond donors (Lipinski definition) is 1. The molecule has 0 unspecified atom stereocenters. The molecule has 2 N–H and O–H groups in total. The van der Waals surface area contributed by atoms with Crippen LogP contribution in [0.3, 0.4) is 0 Å². The minimum atomic E-state index is -5.01. The summed E-state index contributed by atoms with van der Waals surface area (Å²) in [4.78, 5) is 0. The molecular weight excluding hydrogens is 320 g/mol. The van der Waals surface area contributed by atoms with Gasteiger partial charge in [-0.1, -0.05) is 0 Å². The van der Waals surface area contributed by atoms with Crippen LogP contribution in [0.15, 0.2) is 16.6 Å². The third-order valence-electron chi connectivity index (χ3n) is 1.64. The van der Waals surface area contributed by atoms with Crippen LogP contribution in [-0.2, 0) is 6.18 Å². The van der Waals surface area contributed by atoms with E-state index in [9.17, 15) is 26.3 Å². The van der Waals surface area contributed by atoms with Crippen molar-refractivity contribution in [1.29, 1.82) is 0 Å². The van der Waals surface area contributed by atoms with Gasteiger partial charge in [-0.25, -0.2) is 0 Å². The Morgan fingerprint density at radius 1 is 1.06 bits per heavy atom. The minimum Gasteiger partial charge on any atom is -0.405 e. The summed E-state index contributed by atoms with van der Waals surface area (Å²) in [6.45, 7) is 0. The lowest BCUT2D eigenvalue weighted by Crippen LogP contribution is -2.18. The summed E-state index contributed by atoms with van der Waals surface area (Å²) in [5.74, 6) is -0.831. The standard InChI is InChI=1S/C8H4BrF6NO/c9-4-1-3(7(10,11)12)5(16)2-6(4)17-8(13,14)15/h1-2H,16H2. The minimum absolute atomic E-state index is 0.427. The molecule has 0 saturated carbocycles. The molecule has 0 atom stereocenters. The second-order valence-corrected chi connectivity index (χ2v) is 3.77. The van der Waals surface area contributed by atoms with Gasteiger partial charge in [0.25, 0.3) is 0 Å². The third-order valence-corrected chi connectivity index (χ3v) is 2.25. The molecule has 0 aliphatic carbocycles. The van der Waals surface area contributed by atoms with E-state index in [0.29, 0.717) is 12.1 Å². The average molecular weight is 324 g/mol. The number of ether oxygens (including phenoxy) is 1. The van der Waals surface area contributed by atoms with Gasteiger partial charge in [0.05, 0.1) is 10.0 Å². The molecule has 0 heterocycles. The zero-order chi connectivity index (χ0) is 13.4. The number of halogens is 7. The summed E-state index contributed by atoms with van der Waals surface area (Å²) in [5, 5.41) is 0. The fourth-order valence-corrected chi connectivity index (χ4v) is 1.44. The summed E-state index contributed by atoms with van der Waals surface area (Å²) in [5.41, 5.74) is 2.92. The van der Waals surface area contributed by atoms with Crippen LogP contribution in [0.25, 0.3) is 0 Å². The zero-order valence-corrected chi connectivity index (χ0v) is 9.37. The highest BCUT2D eigenvalue weighted by Gasteiger charge is 2.36. The predicted octanol–water partition coefficient (Wildman–Crippen LogP) is 3.95. The zero-order valence-electron chi connectivity index (χ0n) is 7.79. The van der Waals surface area contributed by atoms with Crippen molar-refractivity contribution in [3.05, 3.63) is 22.2 Å². The Bertz CT molecular complexity index is 427. The molecule has 0 spiro atoms. The number of nitrogens with two attached hydrogens (primary N) is 1. The first-order valence-corrected chi connectivity index (χ1v) is 4.72. The number of anilines is 1. The van der Waals surface area contributed by atoms with Gasteiger partial charge in [-0.05, 0) is 22.0 Å². The monoisotopic (exact) mass is 323 g/mol. The number of benzene rings is 1. The largest absolute Gasteiger partial charge is 0.573 e. The first-order valence-electron chi connectivity index (χ1n) is 3.92. The molecular formula is C8H4BrF6NO. The van der Waals surface area contributed by atoms with E-state index in [4.69, 9.17) is 5.73 Å². The van der Waals surface area contributed by atoms with Gasteiger partial charge in [0.15, 0.2) is 0 Å². The van der Waals surface area contributed by atoms with Gasteiger partial charge in [0.1, 0.15) is 5.75 Å². The highest BCUT2D eigenvalue weighted by atomic mass is 79.9. The number of rotatable bonds is 1. The molecule has 0 aromatic heterocycles. The molecule has 1 rings (SSSR count). The van der Waals surface area contributed by atoms with Gasteiger partial charge < -0.3 is 10.5 Å². The second-order valence-electron chi connectivity index (χ2n) is 2.92. The number of alkyl halides is 6. The van der Waals surface area contributed by atoms with Gasteiger partial charge in [-0.2, -0.15) is 13.2 Å². The van der Waals surface area contributed by atoms with Crippen molar-refractivity contribution in [2.24, 2.45) is 0 Å². The van der Waals surface area contributed by atoms with E-state index in [2.05, 4.69) is 20.7 Å². The quantitative estimate of drug-likeness (QED) is 0.627. The van der Waals surface area contributed by atoms with Crippen LogP contribution in [0.5, 0.6) is 5.75 Å². The van der Waals surface area contributed by atoms with Gasteiger partial charge in [-0.3, -0.25) is 0 Å². The van der Waals surface area contributed by atoms with Crippen molar-refractivity contribution in [2.75, 3.05) is 5.73 Å². The van der Waals surface area contributed by atoms with Crippen molar-refractivity contribution in [2.45, 2.75) is 12.5 Å². The molecule has 1 aromatic rings. The third kappa shape index (κ3) is 3.69. The van der Waals surface area contributed by atoms with Crippen LogP contribution in [0.4, 0.5) is 32.0 Å². The molecule has 1 aromatic carbocycles. The van der Waals surface area contributed by atoms with Crippen LogP contribution < -0.4 is 10.5 Å². The molecule has 0 radical (unpaired) electrons.